The van der Waals surface area contributed by atoms with Crippen LogP contribution in [0.25, 0.3) is 0 Å². The van der Waals surface area contributed by atoms with Gasteiger partial charge in [0.1, 0.15) is 33.5 Å². The Morgan fingerprint density at radius 3 is 2.41 bits per heavy atom. The first kappa shape index (κ1) is 30.7. The zero-order valence-electron chi connectivity index (χ0n) is 21.6. The highest BCUT2D eigenvalue weighted by Crippen LogP contribution is 2.49. The fourth-order valence-electron chi connectivity index (χ4n) is 3.80. The summed E-state index contributed by atoms with van der Waals surface area (Å²) >= 11 is 14.1. The van der Waals surface area contributed by atoms with Gasteiger partial charge in [0, 0.05) is 18.4 Å². The second-order valence-corrected chi connectivity index (χ2v) is 18.4. The van der Waals surface area contributed by atoms with Gasteiger partial charge in [0.25, 0.3) is 0 Å². The molecule has 0 saturated heterocycles. The third-order valence-corrected chi connectivity index (χ3v) is 14.0. The fourth-order valence-corrected chi connectivity index (χ4v) is 8.65. The summed E-state index contributed by atoms with van der Waals surface area (Å²) in [5.74, 6) is 1.04. The van der Waals surface area contributed by atoms with Crippen LogP contribution in [0.3, 0.4) is 0 Å². The number of hydrogen-bond donors (Lipinski definition) is 2. The molecule has 0 fully saturated rings. The van der Waals surface area contributed by atoms with E-state index in [-0.39, 0.29) is 29.3 Å². The summed E-state index contributed by atoms with van der Waals surface area (Å²) in [6, 6.07) is 1.71. The molecular formula is C24H30Br4N2O6Si. The molecule has 0 saturated carbocycles. The lowest BCUT2D eigenvalue weighted by Gasteiger charge is -2.44. The summed E-state index contributed by atoms with van der Waals surface area (Å²) in [4.78, 5) is 6.10. The fraction of sp³-hybridized carbons (Fsp3) is 0.500. The van der Waals surface area contributed by atoms with Gasteiger partial charge >= 0.3 is 0 Å². The number of nitrogens with zero attached hydrogens (tertiary/aromatic N) is 2. The highest BCUT2D eigenvalue weighted by atomic mass is 79.9. The minimum Gasteiger partial charge on any atom is -0.506 e. The molecule has 1 aromatic carbocycles. The number of halogens is 4. The van der Waals surface area contributed by atoms with Crippen molar-refractivity contribution in [3.8, 4) is 11.5 Å². The summed E-state index contributed by atoms with van der Waals surface area (Å²) in [6.07, 6.45) is 1.70. The first-order chi connectivity index (χ1) is 17.1. The molecule has 0 unspecified atom stereocenters. The molecule has 1 aromatic rings. The Balaban J connectivity index is 1.97. The van der Waals surface area contributed by atoms with E-state index in [0.717, 1.165) is 0 Å². The van der Waals surface area contributed by atoms with Crippen LogP contribution in [0.4, 0.5) is 0 Å². The van der Waals surface area contributed by atoms with Crippen LogP contribution in [-0.4, -0.2) is 56.0 Å². The van der Waals surface area contributed by atoms with Crippen molar-refractivity contribution in [2.24, 2.45) is 10.3 Å². The summed E-state index contributed by atoms with van der Waals surface area (Å²) < 4.78 is 20.2. The van der Waals surface area contributed by atoms with E-state index in [4.69, 9.17) is 18.7 Å². The predicted octanol–water partition coefficient (Wildman–Crippen LogP) is 7.75. The molecule has 1 aliphatic carbocycles. The number of aromatic hydroxyl groups is 1. The highest BCUT2D eigenvalue weighted by molar-refractivity contribution is 9.12. The van der Waals surface area contributed by atoms with E-state index in [2.05, 4.69) is 108 Å². The molecule has 2 atom stereocenters. The van der Waals surface area contributed by atoms with E-state index in [9.17, 15) is 10.3 Å². The van der Waals surface area contributed by atoms with Gasteiger partial charge in [-0.1, -0.05) is 31.1 Å². The van der Waals surface area contributed by atoms with Crippen LogP contribution >= 0.6 is 63.7 Å². The molecule has 1 spiro atoms. The Kier molecular flexibility index (Phi) is 9.39. The van der Waals surface area contributed by atoms with Gasteiger partial charge in [-0.2, -0.15) is 0 Å². The lowest BCUT2D eigenvalue weighted by atomic mass is 9.85. The molecule has 1 aliphatic heterocycles. The van der Waals surface area contributed by atoms with Crippen molar-refractivity contribution in [3.05, 3.63) is 41.4 Å². The number of hydrogen-bond acceptors (Lipinski definition) is 8. The van der Waals surface area contributed by atoms with Gasteiger partial charge in [-0.25, -0.2) is 0 Å². The van der Waals surface area contributed by atoms with E-state index in [1.807, 2.05) is 6.08 Å². The van der Waals surface area contributed by atoms with Gasteiger partial charge in [-0.15, -0.1) is 0 Å². The van der Waals surface area contributed by atoms with Gasteiger partial charge in [0.05, 0.1) is 27.7 Å². The van der Waals surface area contributed by atoms with Crippen LogP contribution in [0.1, 0.15) is 32.8 Å². The predicted molar refractivity (Wildman–Crippen MR) is 161 cm³/mol. The molecule has 0 radical (unpaired) electrons. The number of benzene rings is 1. The standard InChI is InChI=1S/C24H30Br4N2O6Si/c1-23(2,3)37(6,7)35-22-18(28)21(34-5)14(26)10-24(22)11-16(30-36-24)15(29-32)9-12-8-13(25)20(33-4)17(27)19(12)31/h8,10,22,31-32H,9,11H2,1-7H3/b29-15-/t22-,24+/m1/s1. The molecule has 3 rings (SSSR count). The number of rotatable bonds is 7. The van der Waals surface area contributed by atoms with Crippen molar-refractivity contribution in [2.45, 2.75) is 63.5 Å². The van der Waals surface area contributed by atoms with Crippen LogP contribution in [0.5, 0.6) is 11.5 Å². The van der Waals surface area contributed by atoms with Gasteiger partial charge < -0.3 is 29.1 Å². The Morgan fingerprint density at radius 2 is 1.86 bits per heavy atom. The van der Waals surface area contributed by atoms with Gasteiger partial charge in [0.2, 0.25) is 0 Å². The highest BCUT2D eigenvalue weighted by Gasteiger charge is 2.54. The lowest BCUT2D eigenvalue weighted by molar-refractivity contribution is -0.0517. The molecule has 2 aliphatic rings. The van der Waals surface area contributed by atoms with Gasteiger partial charge in [-0.3, -0.25) is 0 Å². The van der Waals surface area contributed by atoms with Crippen molar-refractivity contribution < 1.29 is 29.1 Å². The molecular weight excluding hydrogens is 760 g/mol. The van der Waals surface area contributed by atoms with Crippen molar-refractivity contribution in [1.29, 1.82) is 0 Å². The molecule has 0 bridgehead atoms. The van der Waals surface area contributed by atoms with Crippen LogP contribution in [-0.2, 0) is 20.4 Å². The van der Waals surface area contributed by atoms with E-state index in [1.165, 1.54) is 7.11 Å². The Morgan fingerprint density at radius 1 is 1.22 bits per heavy atom. The third kappa shape index (κ3) is 5.86. The number of oxime groups is 2. The first-order valence-electron chi connectivity index (χ1n) is 11.3. The second kappa shape index (κ2) is 11.3. The summed E-state index contributed by atoms with van der Waals surface area (Å²) in [7, 11) is 0.834. The number of phenols is 1. The topological polar surface area (TPSA) is 102 Å². The largest absolute Gasteiger partial charge is 0.506 e. The quantitative estimate of drug-likeness (QED) is 0.127. The normalized spacial score (nSPS) is 22.7. The van der Waals surface area contributed by atoms with Crippen LogP contribution in [0, 0.1) is 0 Å². The van der Waals surface area contributed by atoms with Crippen LogP contribution in [0.2, 0.25) is 18.1 Å². The number of ether oxygens (including phenoxy) is 2. The Bertz CT molecular complexity index is 1210. The number of phenolic OH excluding ortho intramolecular Hbond substituents is 1. The molecule has 204 valence electrons. The zero-order chi connectivity index (χ0) is 27.9. The maximum Gasteiger partial charge on any atom is 0.193 e. The SMILES string of the molecule is COC1=C(Br)[C@@H](O[Si](C)(C)C(C)(C)C)[C@]2(C=C1Br)CC(/C(Cc1cc(Br)c(OC)c(Br)c1O)=N\O)=NO2. The Labute approximate surface area is 251 Å². The molecule has 13 heteroatoms. The third-order valence-electron chi connectivity index (χ3n) is 6.92. The van der Waals surface area contributed by atoms with Crippen LogP contribution in [0.15, 0.2) is 46.1 Å². The van der Waals surface area contributed by atoms with E-state index >= 15 is 0 Å². The van der Waals surface area contributed by atoms with Gasteiger partial charge in [-0.05, 0) is 94.0 Å². The average molecular weight is 790 g/mol. The average Bonchev–Trinajstić information content (AvgIpc) is 3.22. The minimum atomic E-state index is -2.27. The van der Waals surface area contributed by atoms with E-state index < -0.39 is 20.0 Å². The van der Waals surface area contributed by atoms with Crippen molar-refractivity contribution in [2.75, 3.05) is 14.2 Å². The van der Waals surface area contributed by atoms with Crippen molar-refractivity contribution in [3.63, 3.8) is 0 Å². The summed E-state index contributed by atoms with van der Waals surface area (Å²) in [5.41, 5.74) is 0.188. The van der Waals surface area contributed by atoms with E-state index in [1.54, 1.807) is 13.2 Å². The number of allylic oxidation sites excluding steroid dienone is 1. The molecule has 0 aromatic heterocycles. The summed E-state index contributed by atoms with van der Waals surface area (Å²) in [5, 5.41) is 28.5. The zero-order valence-corrected chi connectivity index (χ0v) is 28.9. The lowest BCUT2D eigenvalue weighted by Crippen LogP contribution is -2.53. The van der Waals surface area contributed by atoms with E-state index in [0.29, 0.717) is 40.7 Å². The minimum absolute atomic E-state index is 0.0229. The van der Waals surface area contributed by atoms with Crippen LogP contribution < -0.4 is 4.74 Å². The van der Waals surface area contributed by atoms with Gasteiger partial charge in [0.15, 0.2) is 19.7 Å². The maximum atomic E-state index is 10.7. The summed E-state index contributed by atoms with van der Waals surface area (Å²) in [6.45, 7) is 10.8. The molecule has 0 amide bonds. The molecule has 8 nitrogen and oxygen atoms in total. The Hall–Kier alpha value is -0.863. The molecule has 1 heterocycles. The smallest absolute Gasteiger partial charge is 0.193 e. The molecule has 2 N–H and O–H groups in total. The maximum absolute atomic E-state index is 10.7. The monoisotopic (exact) mass is 786 g/mol. The van der Waals surface area contributed by atoms with Crippen molar-refractivity contribution in [1.82, 2.24) is 0 Å². The first-order valence-corrected chi connectivity index (χ1v) is 17.4. The van der Waals surface area contributed by atoms with Crippen molar-refractivity contribution >= 4 is 83.5 Å². The molecule has 37 heavy (non-hydrogen) atoms. The second-order valence-electron chi connectivity index (χ2n) is 10.3. The number of methoxy groups -OCH3 is 2.